The Morgan fingerprint density at radius 2 is 2.05 bits per heavy atom. The number of benzene rings is 1. The predicted molar refractivity (Wildman–Crippen MR) is 85.4 cm³/mol. The number of aromatic nitrogens is 2. The van der Waals surface area contributed by atoms with Gasteiger partial charge >= 0.3 is 0 Å². The van der Waals surface area contributed by atoms with E-state index in [0.717, 1.165) is 23.4 Å². The van der Waals surface area contributed by atoms with E-state index in [9.17, 15) is 0 Å². The van der Waals surface area contributed by atoms with Crippen molar-refractivity contribution < 1.29 is 4.74 Å². The third-order valence-electron chi connectivity index (χ3n) is 3.09. The largest absolute Gasteiger partial charge is 0.478 e. The average molecular weight is 286 g/mol. The molecule has 5 heteroatoms. The maximum Gasteiger partial charge on any atom is 0.226 e. The first kappa shape index (κ1) is 15.1. The SMILES string of the molecule is CCCOc1cc(C)nc(NC(C)c2ccccc2N)n1. The van der Waals surface area contributed by atoms with Gasteiger partial charge in [0.15, 0.2) is 0 Å². The number of nitrogens with two attached hydrogens (primary N) is 1. The molecule has 0 aliphatic carbocycles. The van der Waals surface area contributed by atoms with Gasteiger partial charge in [0.05, 0.1) is 12.6 Å². The smallest absolute Gasteiger partial charge is 0.226 e. The molecule has 0 bridgehead atoms. The van der Waals surface area contributed by atoms with Gasteiger partial charge in [0, 0.05) is 17.4 Å². The summed E-state index contributed by atoms with van der Waals surface area (Å²) < 4.78 is 5.57. The van der Waals surface area contributed by atoms with Gasteiger partial charge in [-0.25, -0.2) is 4.98 Å². The zero-order chi connectivity index (χ0) is 15.2. The highest BCUT2D eigenvalue weighted by Crippen LogP contribution is 2.23. The number of hydrogen-bond acceptors (Lipinski definition) is 5. The zero-order valence-electron chi connectivity index (χ0n) is 12.8. The summed E-state index contributed by atoms with van der Waals surface area (Å²) >= 11 is 0. The summed E-state index contributed by atoms with van der Waals surface area (Å²) in [5.41, 5.74) is 8.65. The van der Waals surface area contributed by atoms with Crippen LogP contribution in [0.4, 0.5) is 11.6 Å². The second kappa shape index (κ2) is 6.92. The summed E-state index contributed by atoms with van der Waals surface area (Å²) in [4.78, 5) is 8.78. The maximum atomic E-state index is 6.00. The van der Waals surface area contributed by atoms with Gasteiger partial charge in [-0.15, -0.1) is 0 Å². The fourth-order valence-electron chi connectivity index (χ4n) is 2.06. The van der Waals surface area contributed by atoms with Crippen molar-refractivity contribution >= 4 is 11.6 Å². The Morgan fingerprint density at radius 1 is 1.29 bits per heavy atom. The molecule has 1 heterocycles. The van der Waals surface area contributed by atoms with Crippen molar-refractivity contribution in [2.24, 2.45) is 0 Å². The molecule has 0 amide bonds. The molecular formula is C16H22N4O. The molecule has 1 aromatic heterocycles. The van der Waals surface area contributed by atoms with Crippen LogP contribution in [0.15, 0.2) is 30.3 Å². The van der Waals surface area contributed by atoms with E-state index in [1.807, 2.05) is 44.2 Å². The molecule has 5 nitrogen and oxygen atoms in total. The Hall–Kier alpha value is -2.30. The molecular weight excluding hydrogens is 264 g/mol. The average Bonchev–Trinajstić information content (AvgIpc) is 2.45. The molecule has 0 spiro atoms. The fourth-order valence-corrected chi connectivity index (χ4v) is 2.06. The molecule has 0 aliphatic heterocycles. The molecule has 2 aromatic rings. The number of nitrogens with one attached hydrogen (secondary N) is 1. The third kappa shape index (κ3) is 4.08. The number of nitrogens with zero attached hydrogens (tertiary/aromatic N) is 2. The normalized spacial score (nSPS) is 12.0. The maximum absolute atomic E-state index is 6.00. The highest BCUT2D eigenvalue weighted by Gasteiger charge is 2.11. The van der Waals surface area contributed by atoms with Crippen molar-refractivity contribution in [3.05, 3.63) is 41.6 Å². The van der Waals surface area contributed by atoms with Crippen LogP contribution in [0.2, 0.25) is 0 Å². The van der Waals surface area contributed by atoms with Crippen molar-refractivity contribution in [1.82, 2.24) is 9.97 Å². The molecule has 0 saturated carbocycles. The fraction of sp³-hybridized carbons (Fsp3) is 0.375. The van der Waals surface area contributed by atoms with Gasteiger partial charge in [0.25, 0.3) is 0 Å². The predicted octanol–water partition coefficient (Wildman–Crippen LogP) is 3.33. The van der Waals surface area contributed by atoms with Gasteiger partial charge < -0.3 is 15.8 Å². The number of anilines is 2. The van der Waals surface area contributed by atoms with Crippen LogP contribution in [0.5, 0.6) is 5.88 Å². The molecule has 0 radical (unpaired) electrons. The Kier molecular flexibility index (Phi) is 4.98. The number of ether oxygens (including phenoxy) is 1. The monoisotopic (exact) mass is 286 g/mol. The number of aryl methyl sites for hydroxylation is 1. The van der Waals surface area contributed by atoms with Crippen LogP contribution in [0.1, 0.15) is 37.6 Å². The minimum Gasteiger partial charge on any atom is -0.478 e. The lowest BCUT2D eigenvalue weighted by molar-refractivity contribution is 0.305. The number of nitrogen functional groups attached to an aromatic ring is 1. The van der Waals surface area contributed by atoms with Crippen LogP contribution in [0.3, 0.4) is 0 Å². The van der Waals surface area contributed by atoms with Gasteiger partial charge in [-0.3, -0.25) is 0 Å². The van der Waals surface area contributed by atoms with Gasteiger partial charge in [-0.1, -0.05) is 25.1 Å². The molecule has 112 valence electrons. The molecule has 0 fully saturated rings. The van der Waals surface area contributed by atoms with Crippen LogP contribution < -0.4 is 15.8 Å². The number of para-hydroxylation sites is 1. The third-order valence-corrected chi connectivity index (χ3v) is 3.09. The first-order valence-corrected chi connectivity index (χ1v) is 7.19. The Balaban J connectivity index is 2.15. The van der Waals surface area contributed by atoms with E-state index in [-0.39, 0.29) is 6.04 Å². The van der Waals surface area contributed by atoms with Crippen LogP contribution in [-0.2, 0) is 0 Å². The van der Waals surface area contributed by atoms with E-state index in [4.69, 9.17) is 10.5 Å². The first-order chi connectivity index (χ1) is 10.1. The van der Waals surface area contributed by atoms with E-state index in [0.29, 0.717) is 18.4 Å². The lowest BCUT2D eigenvalue weighted by atomic mass is 10.1. The van der Waals surface area contributed by atoms with Crippen LogP contribution in [-0.4, -0.2) is 16.6 Å². The minimum absolute atomic E-state index is 0.0204. The zero-order valence-corrected chi connectivity index (χ0v) is 12.8. The molecule has 1 atom stereocenters. The lowest BCUT2D eigenvalue weighted by Crippen LogP contribution is -2.12. The van der Waals surface area contributed by atoms with Crippen molar-refractivity contribution in [3.63, 3.8) is 0 Å². The summed E-state index contributed by atoms with van der Waals surface area (Å²) in [6.45, 7) is 6.67. The van der Waals surface area contributed by atoms with E-state index in [1.54, 1.807) is 0 Å². The van der Waals surface area contributed by atoms with E-state index in [1.165, 1.54) is 0 Å². The van der Waals surface area contributed by atoms with E-state index < -0.39 is 0 Å². The molecule has 21 heavy (non-hydrogen) atoms. The van der Waals surface area contributed by atoms with Crippen LogP contribution >= 0.6 is 0 Å². The number of hydrogen-bond donors (Lipinski definition) is 2. The highest BCUT2D eigenvalue weighted by atomic mass is 16.5. The molecule has 1 unspecified atom stereocenters. The molecule has 1 aromatic carbocycles. The van der Waals surface area contributed by atoms with Crippen molar-refractivity contribution in [1.29, 1.82) is 0 Å². The molecule has 3 N–H and O–H groups in total. The summed E-state index contributed by atoms with van der Waals surface area (Å²) in [6, 6.07) is 9.63. The molecule has 0 saturated heterocycles. The van der Waals surface area contributed by atoms with Gasteiger partial charge in [0.1, 0.15) is 0 Å². The standard InChI is InChI=1S/C16H22N4O/c1-4-9-21-15-10-11(2)18-16(20-15)19-12(3)13-7-5-6-8-14(13)17/h5-8,10,12H,4,9,17H2,1-3H3,(H,18,19,20). The second-order valence-corrected chi connectivity index (χ2v) is 5.01. The molecule has 2 rings (SSSR count). The van der Waals surface area contributed by atoms with Crippen molar-refractivity contribution in [2.45, 2.75) is 33.2 Å². The van der Waals surface area contributed by atoms with Gasteiger partial charge in [0.2, 0.25) is 11.8 Å². The van der Waals surface area contributed by atoms with Crippen molar-refractivity contribution in [3.8, 4) is 5.88 Å². The topological polar surface area (TPSA) is 73.1 Å². The van der Waals surface area contributed by atoms with E-state index in [2.05, 4.69) is 22.2 Å². The second-order valence-electron chi connectivity index (χ2n) is 5.01. The summed E-state index contributed by atoms with van der Waals surface area (Å²) in [5, 5.41) is 3.27. The van der Waals surface area contributed by atoms with E-state index >= 15 is 0 Å². The quantitative estimate of drug-likeness (QED) is 0.797. The Bertz CT molecular complexity index is 601. The van der Waals surface area contributed by atoms with Crippen LogP contribution in [0, 0.1) is 6.92 Å². The Labute approximate surface area is 125 Å². The van der Waals surface area contributed by atoms with Gasteiger partial charge in [-0.05, 0) is 31.9 Å². The minimum atomic E-state index is 0.0204. The summed E-state index contributed by atoms with van der Waals surface area (Å²) in [6.07, 6.45) is 0.947. The lowest BCUT2D eigenvalue weighted by Gasteiger charge is -2.17. The highest BCUT2D eigenvalue weighted by molar-refractivity contribution is 5.50. The Morgan fingerprint density at radius 3 is 2.76 bits per heavy atom. The molecule has 0 aliphatic rings. The van der Waals surface area contributed by atoms with Crippen LogP contribution in [0.25, 0.3) is 0 Å². The van der Waals surface area contributed by atoms with Crippen molar-refractivity contribution in [2.75, 3.05) is 17.7 Å². The number of rotatable bonds is 6. The summed E-state index contributed by atoms with van der Waals surface area (Å²) in [7, 11) is 0. The summed E-state index contributed by atoms with van der Waals surface area (Å²) in [5.74, 6) is 1.15. The first-order valence-electron chi connectivity index (χ1n) is 7.19. The van der Waals surface area contributed by atoms with Gasteiger partial charge in [-0.2, -0.15) is 4.98 Å².